The van der Waals surface area contributed by atoms with Gasteiger partial charge in [-0.25, -0.2) is 0 Å². The second-order valence-corrected chi connectivity index (χ2v) is 7.22. The van der Waals surface area contributed by atoms with Crippen LogP contribution in [0.25, 0.3) is 20.2 Å². The van der Waals surface area contributed by atoms with Crippen LogP contribution >= 0.6 is 11.3 Å². The first kappa shape index (κ1) is 16.5. The Morgan fingerprint density at radius 1 is 1.12 bits per heavy atom. The molecule has 11 heteroatoms. The zero-order valence-electron chi connectivity index (χ0n) is 11.4. The smallest absolute Gasteiger partial charge is 0.374 e. The van der Waals surface area contributed by atoms with E-state index < -0.39 is 26.3 Å². The third-order valence-electron chi connectivity index (χ3n) is 3.15. The Morgan fingerprint density at radius 3 is 2.42 bits per heavy atom. The zero-order valence-corrected chi connectivity index (χ0v) is 13.0. The second kappa shape index (κ2) is 5.31. The van der Waals surface area contributed by atoms with Crippen LogP contribution in [-0.2, 0) is 10.1 Å². The number of halogens is 3. The van der Waals surface area contributed by atoms with Crippen LogP contribution in [0.1, 0.15) is 0 Å². The average Bonchev–Trinajstić information content (AvgIpc) is 2.86. The molecule has 0 radical (unpaired) electrons. The zero-order chi connectivity index (χ0) is 17.7. The molecule has 0 saturated carbocycles. The van der Waals surface area contributed by atoms with Gasteiger partial charge in [0.2, 0.25) is 0 Å². The van der Waals surface area contributed by atoms with Gasteiger partial charge in [0.1, 0.15) is 0 Å². The molecular formula is C13H6F3NO5S2. The molecule has 3 rings (SSSR count). The molecule has 126 valence electrons. The first-order chi connectivity index (χ1) is 11.1. The molecule has 24 heavy (non-hydrogen) atoms. The van der Waals surface area contributed by atoms with Crippen molar-refractivity contribution in [1.82, 2.24) is 0 Å². The van der Waals surface area contributed by atoms with Gasteiger partial charge in [0, 0.05) is 16.2 Å². The van der Waals surface area contributed by atoms with E-state index in [2.05, 4.69) is 4.18 Å². The van der Waals surface area contributed by atoms with Gasteiger partial charge in [-0.15, -0.1) is 11.3 Å². The van der Waals surface area contributed by atoms with E-state index in [1.165, 1.54) is 0 Å². The van der Waals surface area contributed by atoms with E-state index in [0.29, 0.717) is 10.1 Å². The number of nitro benzene ring substituents is 1. The van der Waals surface area contributed by atoms with Gasteiger partial charge < -0.3 is 4.18 Å². The second-order valence-electron chi connectivity index (χ2n) is 4.63. The fourth-order valence-electron chi connectivity index (χ4n) is 2.17. The van der Waals surface area contributed by atoms with E-state index in [1.54, 1.807) is 24.3 Å². The maximum Gasteiger partial charge on any atom is 0.534 e. The lowest BCUT2D eigenvalue weighted by Gasteiger charge is -2.10. The number of hydrogen-bond donors (Lipinski definition) is 0. The van der Waals surface area contributed by atoms with Crippen molar-refractivity contribution in [2.45, 2.75) is 5.51 Å². The normalized spacial score (nSPS) is 12.6. The highest BCUT2D eigenvalue weighted by Crippen LogP contribution is 2.44. The van der Waals surface area contributed by atoms with Gasteiger partial charge in [0.15, 0.2) is 5.75 Å². The fraction of sp³-hybridized carbons (Fsp3) is 0.0769. The predicted octanol–water partition coefficient (Wildman–Crippen LogP) is 4.19. The Kier molecular flexibility index (Phi) is 3.64. The van der Waals surface area contributed by atoms with Crippen molar-refractivity contribution < 1.29 is 30.7 Å². The third kappa shape index (κ3) is 2.55. The summed E-state index contributed by atoms with van der Waals surface area (Å²) in [5.74, 6) is -0.603. The van der Waals surface area contributed by atoms with E-state index in [1.807, 2.05) is 0 Å². The summed E-state index contributed by atoms with van der Waals surface area (Å²) in [6.07, 6.45) is 0. The molecule has 0 fully saturated rings. The van der Waals surface area contributed by atoms with E-state index in [-0.39, 0.29) is 15.8 Å². The van der Waals surface area contributed by atoms with Crippen LogP contribution in [0.3, 0.4) is 0 Å². The summed E-state index contributed by atoms with van der Waals surface area (Å²) in [5.41, 5.74) is -5.95. The monoisotopic (exact) mass is 377 g/mol. The minimum atomic E-state index is -5.88. The van der Waals surface area contributed by atoms with Gasteiger partial charge in [-0.1, -0.05) is 18.2 Å². The molecule has 0 N–H and O–H groups in total. The summed E-state index contributed by atoms with van der Waals surface area (Å²) < 4.78 is 64.7. The van der Waals surface area contributed by atoms with Crippen molar-refractivity contribution in [2.75, 3.05) is 0 Å². The number of non-ortho nitro benzene ring substituents is 1. The van der Waals surface area contributed by atoms with Gasteiger partial charge in [-0.2, -0.15) is 21.6 Å². The van der Waals surface area contributed by atoms with Crippen molar-refractivity contribution in [2.24, 2.45) is 0 Å². The minimum Gasteiger partial charge on any atom is -0.374 e. The lowest BCUT2D eigenvalue weighted by molar-refractivity contribution is -0.383. The number of alkyl halides is 3. The van der Waals surface area contributed by atoms with Crippen LogP contribution in [0.4, 0.5) is 18.9 Å². The number of fused-ring (bicyclic) bond motifs is 3. The summed E-state index contributed by atoms with van der Waals surface area (Å²) in [4.78, 5) is 10.5. The van der Waals surface area contributed by atoms with E-state index in [9.17, 15) is 31.7 Å². The summed E-state index contributed by atoms with van der Waals surface area (Å²) in [7, 11) is -5.88. The molecule has 1 aromatic heterocycles. The molecule has 0 aliphatic heterocycles. The highest BCUT2D eigenvalue weighted by atomic mass is 32.2. The quantitative estimate of drug-likeness (QED) is 0.296. The maximum atomic E-state index is 12.5. The Morgan fingerprint density at radius 2 is 1.79 bits per heavy atom. The maximum absolute atomic E-state index is 12.5. The number of rotatable bonds is 3. The van der Waals surface area contributed by atoms with Crippen molar-refractivity contribution in [3.05, 3.63) is 46.5 Å². The SMILES string of the molecule is O=[N+]([O-])c1ccc(OS(=O)(=O)C(F)(F)F)c2sc3ccccc3c12. The largest absolute Gasteiger partial charge is 0.534 e. The lowest BCUT2D eigenvalue weighted by Crippen LogP contribution is -2.28. The molecule has 0 aliphatic rings. The number of hydrogen-bond acceptors (Lipinski definition) is 6. The van der Waals surface area contributed by atoms with E-state index in [4.69, 9.17) is 0 Å². The van der Waals surface area contributed by atoms with Gasteiger partial charge in [0.25, 0.3) is 5.69 Å². The van der Waals surface area contributed by atoms with Crippen molar-refractivity contribution in [3.63, 3.8) is 0 Å². The summed E-state index contributed by atoms with van der Waals surface area (Å²) in [6.45, 7) is 0. The van der Waals surface area contributed by atoms with Crippen LogP contribution in [0, 0.1) is 10.1 Å². The minimum absolute atomic E-state index is 0.0375. The molecule has 0 amide bonds. The summed E-state index contributed by atoms with van der Waals surface area (Å²) in [6, 6.07) is 8.20. The molecular weight excluding hydrogens is 371 g/mol. The molecule has 1 heterocycles. The molecule has 0 unspecified atom stereocenters. The molecule has 0 spiro atoms. The number of nitro groups is 1. The van der Waals surface area contributed by atoms with Crippen molar-refractivity contribution in [3.8, 4) is 5.75 Å². The van der Waals surface area contributed by atoms with Gasteiger partial charge in [-0.05, 0) is 12.1 Å². The third-order valence-corrected chi connectivity index (χ3v) is 5.30. The molecule has 0 aliphatic carbocycles. The molecule has 0 bridgehead atoms. The van der Waals surface area contributed by atoms with Crippen LogP contribution in [0.5, 0.6) is 5.75 Å². The summed E-state index contributed by atoms with van der Waals surface area (Å²) in [5, 5.41) is 11.7. The molecule has 0 saturated heterocycles. The number of nitrogens with zero attached hydrogens (tertiary/aromatic N) is 1. The van der Waals surface area contributed by atoms with E-state index >= 15 is 0 Å². The highest BCUT2D eigenvalue weighted by molar-refractivity contribution is 7.88. The summed E-state index contributed by atoms with van der Waals surface area (Å²) >= 11 is 0.910. The molecule has 3 aromatic rings. The van der Waals surface area contributed by atoms with Crippen LogP contribution in [-0.4, -0.2) is 18.8 Å². The van der Waals surface area contributed by atoms with Crippen LogP contribution < -0.4 is 4.18 Å². The van der Waals surface area contributed by atoms with Crippen molar-refractivity contribution >= 4 is 47.3 Å². The Balaban J connectivity index is 2.32. The topological polar surface area (TPSA) is 86.5 Å². The van der Waals surface area contributed by atoms with E-state index in [0.717, 1.165) is 23.5 Å². The van der Waals surface area contributed by atoms with Crippen LogP contribution in [0.15, 0.2) is 36.4 Å². The Bertz CT molecular complexity index is 1070. The molecule has 6 nitrogen and oxygen atoms in total. The van der Waals surface area contributed by atoms with Gasteiger partial charge in [0.05, 0.1) is 15.0 Å². The van der Waals surface area contributed by atoms with Gasteiger partial charge >= 0.3 is 15.6 Å². The molecule has 0 atom stereocenters. The predicted molar refractivity (Wildman–Crippen MR) is 81.6 cm³/mol. The highest BCUT2D eigenvalue weighted by Gasteiger charge is 2.49. The Labute approximate surface area is 136 Å². The Hall–Kier alpha value is -2.40. The van der Waals surface area contributed by atoms with Crippen LogP contribution in [0.2, 0.25) is 0 Å². The average molecular weight is 377 g/mol. The number of thiophene rings is 1. The van der Waals surface area contributed by atoms with Gasteiger partial charge in [-0.3, -0.25) is 10.1 Å². The fourth-order valence-corrected chi connectivity index (χ4v) is 3.87. The number of benzene rings is 2. The standard InChI is InChI=1S/C13H6F3NO5S2/c14-13(15,16)24(20,21)22-9-6-5-8(17(18)19)11-7-3-1-2-4-10(7)23-12(9)11/h1-6H. The first-order valence-electron chi connectivity index (χ1n) is 6.21. The van der Waals surface area contributed by atoms with Crippen molar-refractivity contribution in [1.29, 1.82) is 0 Å². The lowest BCUT2D eigenvalue weighted by atomic mass is 10.1. The molecule has 2 aromatic carbocycles. The first-order valence-corrected chi connectivity index (χ1v) is 8.43.